The Morgan fingerprint density at radius 1 is 1.04 bits per heavy atom. The van der Waals surface area contributed by atoms with Gasteiger partial charge >= 0.3 is 12.1 Å². The predicted octanol–water partition coefficient (Wildman–Crippen LogP) is 5.68. The SMILES string of the molecule is CN(C[C@H](O)CNC(C)(C)CC1Cc2ccccc2C1)S(=O)(=O)c1ccc(-c2cc(CCC(=O)O)ccc2F)cc1C(F)(F)F. The van der Waals surface area contributed by atoms with E-state index in [2.05, 4.69) is 17.4 Å². The standard InChI is InChI=1S/C33H38F4N2O5S/c1-32(2,18-22-14-23-6-4-5-7-24(23)15-22)38-19-26(40)20-39(3)45(43,44)30-12-10-25(17-28(30)33(35,36)37)27-16-21(8-11-29(27)34)9-13-31(41)42/h4-8,10-12,16-17,22,26,38,40H,9,13-15,18-20H2,1-3H3,(H,41,42)/t26-/m1/s1. The first-order valence-corrected chi connectivity index (χ1v) is 16.1. The Labute approximate surface area is 260 Å². The van der Waals surface area contributed by atoms with Crippen LogP contribution in [-0.2, 0) is 40.3 Å². The van der Waals surface area contributed by atoms with Crippen LogP contribution in [0.15, 0.2) is 65.6 Å². The second-order valence-corrected chi connectivity index (χ2v) is 14.4. The summed E-state index contributed by atoms with van der Waals surface area (Å²) < 4.78 is 84.6. The number of halogens is 4. The minimum atomic E-state index is -5.10. The molecule has 3 aromatic carbocycles. The quantitative estimate of drug-likeness (QED) is 0.206. The summed E-state index contributed by atoms with van der Waals surface area (Å²) in [4.78, 5) is 9.88. The fourth-order valence-corrected chi connectivity index (χ4v) is 7.35. The van der Waals surface area contributed by atoms with Gasteiger partial charge in [0.25, 0.3) is 0 Å². The molecule has 0 amide bonds. The van der Waals surface area contributed by atoms with Crippen LogP contribution < -0.4 is 5.32 Å². The monoisotopic (exact) mass is 650 g/mol. The van der Waals surface area contributed by atoms with Gasteiger partial charge in [-0.3, -0.25) is 4.79 Å². The first kappa shape index (κ1) is 34.6. The zero-order chi connectivity index (χ0) is 33.2. The number of carboxylic acids is 1. The van der Waals surface area contributed by atoms with Gasteiger partial charge in [-0.05, 0) is 92.0 Å². The molecule has 0 aromatic heterocycles. The molecule has 45 heavy (non-hydrogen) atoms. The molecule has 0 saturated heterocycles. The van der Waals surface area contributed by atoms with Gasteiger partial charge in [-0.25, -0.2) is 12.8 Å². The van der Waals surface area contributed by atoms with Gasteiger partial charge in [0.05, 0.1) is 16.6 Å². The lowest BCUT2D eigenvalue weighted by Crippen LogP contribution is -2.47. The number of aryl methyl sites for hydroxylation is 1. The summed E-state index contributed by atoms with van der Waals surface area (Å²) in [7, 11) is -3.62. The van der Waals surface area contributed by atoms with Gasteiger partial charge in [-0.15, -0.1) is 0 Å². The molecule has 0 saturated carbocycles. The van der Waals surface area contributed by atoms with E-state index >= 15 is 0 Å². The Hall–Kier alpha value is -3.32. The number of carbonyl (C=O) groups is 1. The van der Waals surface area contributed by atoms with Crippen LogP contribution in [0.4, 0.5) is 17.6 Å². The molecular formula is C33H38F4N2O5S. The molecule has 0 spiro atoms. The summed E-state index contributed by atoms with van der Waals surface area (Å²) in [5.74, 6) is -1.51. The number of aliphatic carboxylic acids is 1. The number of β-amino-alcohol motifs (C(OH)–C–C–N with tert-alkyl or cyclic N) is 1. The minimum absolute atomic E-state index is 0.0229. The predicted molar refractivity (Wildman–Crippen MR) is 163 cm³/mol. The lowest BCUT2D eigenvalue weighted by atomic mass is 9.88. The van der Waals surface area contributed by atoms with Crippen LogP contribution in [0.3, 0.4) is 0 Å². The lowest BCUT2D eigenvalue weighted by molar-refractivity contribution is -0.140. The maximum Gasteiger partial charge on any atom is 0.417 e. The van der Waals surface area contributed by atoms with Crippen LogP contribution in [0.25, 0.3) is 11.1 Å². The van der Waals surface area contributed by atoms with Crippen LogP contribution >= 0.6 is 0 Å². The van der Waals surface area contributed by atoms with E-state index in [0.29, 0.717) is 21.9 Å². The van der Waals surface area contributed by atoms with Crippen molar-refractivity contribution >= 4 is 16.0 Å². The van der Waals surface area contributed by atoms with Gasteiger partial charge in [0.2, 0.25) is 10.0 Å². The van der Waals surface area contributed by atoms with Crippen molar-refractivity contribution in [1.29, 1.82) is 0 Å². The van der Waals surface area contributed by atoms with E-state index in [9.17, 15) is 35.9 Å². The number of benzene rings is 3. The highest BCUT2D eigenvalue weighted by Crippen LogP contribution is 2.39. The van der Waals surface area contributed by atoms with E-state index < -0.39 is 51.1 Å². The van der Waals surface area contributed by atoms with Crippen molar-refractivity contribution in [2.24, 2.45) is 5.92 Å². The third kappa shape index (κ3) is 8.69. The number of carboxylic acid groups (broad SMARTS) is 1. The number of nitrogens with zero attached hydrogens (tertiary/aromatic N) is 1. The zero-order valence-corrected chi connectivity index (χ0v) is 26.2. The minimum Gasteiger partial charge on any atom is -0.481 e. The number of nitrogens with one attached hydrogen (secondary N) is 1. The number of aliphatic hydroxyl groups is 1. The third-order valence-electron chi connectivity index (χ3n) is 8.16. The number of aliphatic hydroxyl groups excluding tert-OH is 1. The van der Waals surface area contributed by atoms with Crippen molar-refractivity contribution in [2.75, 3.05) is 20.1 Å². The van der Waals surface area contributed by atoms with E-state index in [0.717, 1.165) is 44.5 Å². The van der Waals surface area contributed by atoms with Crippen molar-refractivity contribution in [3.8, 4) is 11.1 Å². The van der Waals surface area contributed by atoms with Gasteiger partial charge in [0, 0.05) is 37.7 Å². The Morgan fingerprint density at radius 3 is 2.29 bits per heavy atom. The van der Waals surface area contributed by atoms with E-state index in [-0.39, 0.29) is 36.1 Å². The molecule has 0 heterocycles. The molecule has 4 rings (SSSR count). The summed E-state index contributed by atoms with van der Waals surface area (Å²) >= 11 is 0. The summed E-state index contributed by atoms with van der Waals surface area (Å²) in [6.07, 6.45) is -3.80. The molecule has 0 fully saturated rings. The van der Waals surface area contributed by atoms with Crippen molar-refractivity contribution in [3.05, 3.63) is 88.7 Å². The Balaban J connectivity index is 1.46. The largest absolute Gasteiger partial charge is 0.481 e. The van der Waals surface area contributed by atoms with Gasteiger partial charge in [0.15, 0.2) is 0 Å². The molecule has 244 valence electrons. The average Bonchev–Trinajstić information content (AvgIpc) is 3.36. The van der Waals surface area contributed by atoms with Gasteiger partial charge in [-0.1, -0.05) is 36.4 Å². The third-order valence-corrected chi connectivity index (χ3v) is 10.0. The van der Waals surface area contributed by atoms with Gasteiger partial charge in [-0.2, -0.15) is 17.5 Å². The zero-order valence-electron chi connectivity index (χ0n) is 25.4. The first-order chi connectivity index (χ1) is 21.0. The Bertz CT molecular complexity index is 1620. The molecule has 1 aliphatic rings. The van der Waals surface area contributed by atoms with Crippen LogP contribution in [0.2, 0.25) is 0 Å². The van der Waals surface area contributed by atoms with Gasteiger partial charge in [0.1, 0.15) is 5.82 Å². The summed E-state index contributed by atoms with van der Waals surface area (Å²) in [6.45, 7) is 3.55. The maximum atomic E-state index is 14.7. The highest BCUT2D eigenvalue weighted by atomic mass is 32.2. The van der Waals surface area contributed by atoms with Gasteiger partial charge < -0.3 is 15.5 Å². The normalized spacial score (nSPS) is 15.0. The van der Waals surface area contributed by atoms with E-state index in [1.54, 1.807) is 0 Å². The summed E-state index contributed by atoms with van der Waals surface area (Å²) in [5, 5.41) is 22.9. The molecule has 0 bridgehead atoms. The van der Waals surface area contributed by atoms with Crippen LogP contribution in [0, 0.1) is 11.7 Å². The summed E-state index contributed by atoms with van der Waals surface area (Å²) in [5.41, 5.74) is 0.759. The van der Waals surface area contributed by atoms with Crippen LogP contribution in [0.5, 0.6) is 0 Å². The van der Waals surface area contributed by atoms with Crippen molar-refractivity contribution in [3.63, 3.8) is 0 Å². The molecule has 3 N–H and O–H groups in total. The van der Waals surface area contributed by atoms with E-state index in [1.165, 1.54) is 23.3 Å². The average molecular weight is 651 g/mol. The number of alkyl halides is 3. The molecule has 0 radical (unpaired) electrons. The molecule has 1 atom stereocenters. The maximum absolute atomic E-state index is 14.7. The fraction of sp³-hybridized carbons (Fsp3) is 0.424. The fourth-order valence-electron chi connectivity index (χ4n) is 5.95. The topological polar surface area (TPSA) is 107 Å². The number of hydrogen-bond donors (Lipinski definition) is 3. The Kier molecular flexibility index (Phi) is 10.4. The van der Waals surface area contributed by atoms with Crippen LogP contribution in [0.1, 0.15) is 48.9 Å². The van der Waals surface area contributed by atoms with Crippen molar-refractivity contribution in [2.45, 2.75) is 68.7 Å². The highest BCUT2D eigenvalue weighted by molar-refractivity contribution is 7.89. The highest BCUT2D eigenvalue weighted by Gasteiger charge is 2.39. The number of hydrogen-bond acceptors (Lipinski definition) is 5. The molecule has 3 aromatic rings. The molecule has 0 aliphatic heterocycles. The van der Waals surface area contributed by atoms with Crippen molar-refractivity contribution in [1.82, 2.24) is 9.62 Å². The molecule has 1 aliphatic carbocycles. The van der Waals surface area contributed by atoms with Crippen molar-refractivity contribution < 1.29 is 41.0 Å². The van der Waals surface area contributed by atoms with Crippen LogP contribution in [-0.4, -0.2) is 60.7 Å². The number of rotatable bonds is 13. The molecule has 7 nitrogen and oxygen atoms in total. The molecule has 12 heteroatoms. The first-order valence-electron chi connectivity index (χ1n) is 14.6. The number of sulfonamides is 1. The number of fused-ring (bicyclic) bond motifs is 1. The Morgan fingerprint density at radius 2 is 1.69 bits per heavy atom. The lowest BCUT2D eigenvalue weighted by Gasteiger charge is -2.31. The second-order valence-electron chi connectivity index (χ2n) is 12.4. The molecule has 0 unspecified atom stereocenters. The smallest absolute Gasteiger partial charge is 0.417 e. The molecular weight excluding hydrogens is 612 g/mol. The second kappa shape index (κ2) is 13.6. The van der Waals surface area contributed by atoms with E-state index in [1.807, 2.05) is 26.0 Å². The number of likely N-dealkylation sites (N-methyl/N-ethyl adjacent to an activating group) is 1. The summed E-state index contributed by atoms with van der Waals surface area (Å²) in [6, 6.07) is 14.3. The van der Waals surface area contributed by atoms with E-state index in [4.69, 9.17) is 5.11 Å².